The van der Waals surface area contributed by atoms with E-state index in [1.807, 2.05) is 13.8 Å². The zero-order valence-electron chi connectivity index (χ0n) is 16.9. The Bertz CT molecular complexity index is 1180. The molecule has 0 saturated carbocycles. The molecule has 8 nitrogen and oxygen atoms in total. The highest BCUT2D eigenvalue weighted by atomic mass is 32.2. The number of rotatable bonds is 7. The summed E-state index contributed by atoms with van der Waals surface area (Å²) >= 11 is 1.47. The van der Waals surface area contributed by atoms with E-state index >= 15 is 0 Å². The minimum Gasteiger partial charge on any atom is -0.437 e. The van der Waals surface area contributed by atoms with Gasteiger partial charge in [0, 0.05) is 41.7 Å². The second-order valence-corrected chi connectivity index (χ2v) is 7.54. The molecule has 0 spiro atoms. The van der Waals surface area contributed by atoms with Gasteiger partial charge in [0.05, 0.1) is 17.5 Å². The van der Waals surface area contributed by atoms with Crippen molar-refractivity contribution in [2.75, 3.05) is 5.32 Å². The van der Waals surface area contributed by atoms with Gasteiger partial charge in [-0.2, -0.15) is 0 Å². The lowest BCUT2D eigenvalue weighted by Crippen LogP contribution is -2.13. The van der Waals surface area contributed by atoms with E-state index in [0.29, 0.717) is 33.7 Å². The fourth-order valence-electron chi connectivity index (χ4n) is 2.82. The Balaban J connectivity index is 1.47. The third-order valence-corrected chi connectivity index (χ3v) is 5.44. The van der Waals surface area contributed by atoms with Gasteiger partial charge in [0.25, 0.3) is 5.91 Å². The fourth-order valence-corrected chi connectivity index (χ4v) is 3.97. The summed E-state index contributed by atoms with van der Waals surface area (Å²) in [5, 5.41) is 7.50. The summed E-state index contributed by atoms with van der Waals surface area (Å²) < 4.78 is 10.9. The highest BCUT2D eigenvalue weighted by molar-refractivity contribution is 7.98. The van der Waals surface area contributed by atoms with Crippen molar-refractivity contribution in [3.63, 3.8) is 0 Å². The van der Waals surface area contributed by atoms with Crippen molar-refractivity contribution >= 4 is 23.4 Å². The van der Waals surface area contributed by atoms with Crippen molar-refractivity contribution in [3.05, 3.63) is 83.8 Å². The number of pyridine rings is 1. The van der Waals surface area contributed by atoms with Crippen molar-refractivity contribution in [2.24, 2.45) is 0 Å². The molecule has 0 radical (unpaired) electrons. The normalized spacial score (nSPS) is 10.6. The van der Waals surface area contributed by atoms with Crippen LogP contribution in [0.2, 0.25) is 0 Å². The first kappa shape index (κ1) is 20.5. The summed E-state index contributed by atoms with van der Waals surface area (Å²) in [6.07, 6.45) is 6.30. The average Bonchev–Trinajstić information content (AvgIpc) is 3.10. The molecule has 4 aromatic rings. The lowest BCUT2D eigenvalue weighted by molar-refractivity contribution is 0.102. The Morgan fingerprint density at radius 2 is 2.03 bits per heavy atom. The van der Waals surface area contributed by atoms with Crippen molar-refractivity contribution in [3.8, 4) is 11.6 Å². The second-order valence-electron chi connectivity index (χ2n) is 6.58. The Kier molecular flexibility index (Phi) is 6.23. The van der Waals surface area contributed by atoms with Crippen LogP contribution in [0.3, 0.4) is 0 Å². The maximum Gasteiger partial charge on any atom is 0.258 e. The number of aryl methyl sites for hydroxylation is 2. The molecule has 0 aliphatic carbocycles. The molecule has 0 saturated heterocycles. The number of nitrogens with zero attached hydrogens (tertiary/aromatic N) is 4. The quantitative estimate of drug-likeness (QED) is 0.414. The fraction of sp³-hybridized carbons (Fsp3) is 0.136. The zero-order chi connectivity index (χ0) is 21.6. The van der Waals surface area contributed by atoms with Crippen LogP contribution in [0, 0.1) is 13.8 Å². The highest BCUT2D eigenvalue weighted by Gasteiger charge is 2.16. The van der Waals surface area contributed by atoms with E-state index in [0.717, 1.165) is 17.0 Å². The molecule has 156 valence electrons. The third-order valence-electron chi connectivity index (χ3n) is 4.40. The number of thioether (sulfide) groups is 1. The number of anilines is 1. The topological polar surface area (TPSA) is 103 Å². The smallest absolute Gasteiger partial charge is 0.258 e. The van der Waals surface area contributed by atoms with Crippen LogP contribution in [0.1, 0.15) is 27.4 Å². The van der Waals surface area contributed by atoms with Gasteiger partial charge in [0.2, 0.25) is 5.88 Å². The predicted octanol–water partition coefficient (Wildman–Crippen LogP) is 4.81. The van der Waals surface area contributed by atoms with Crippen molar-refractivity contribution in [1.29, 1.82) is 0 Å². The summed E-state index contributed by atoms with van der Waals surface area (Å²) in [5.41, 5.74) is 2.93. The lowest BCUT2D eigenvalue weighted by Gasteiger charge is -2.10. The van der Waals surface area contributed by atoms with Crippen LogP contribution in [-0.2, 0) is 5.75 Å². The maximum atomic E-state index is 12.9. The molecule has 1 amide bonds. The van der Waals surface area contributed by atoms with E-state index in [1.54, 1.807) is 55.0 Å². The molecule has 0 unspecified atom stereocenters. The molecule has 31 heavy (non-hydrogen) atoms. The standard InChI is InChI=1S/C22H19N5O3S/c1-14-19(15(2)30-27-14)13-31-22-18(7-4-8-25-22)21(28)26-16-5-3-6-17(11-16)29-20-12-23-9-10-24-20/h3-12H,13H2,1-2H3,(H,26,28). The second kappa shape index (κ2) is 9.40. The van der Waals surface area contributed by atoms with Crippen LogP contribution in [0.15, 0.2) is 70.7 Å². The Morgan fingerprint density at radius 3 is 2.81 bits per heavy atom. The largest absolute Gasteiger partial charge is 0.437 e. The van der Waals surface area contributed by atoms with Crippen LogP contribution < -0.4 is 10.1 Å². The van der Waals surface area contributed by atoms with Crippen LogP contribution in [0.25, 0.3) is 0 Å². The van der Waals surface area contributed by atoms with Crippen LogP contribution in [0.4, 0.5) is 5.69 Å². The molecule has 0 atom stereocenters. The van der Waals surface area contributed by atoms with Gasteiger partial charge in [0.1, 0.15) is 16.5 Å². The number of amides is 1. The number of carbonyl (C=O) groups excluding carboxylic acids is 1. The Morgan fingerprint density at radius 1 is 1.13 bits per heavy atom. The predicted molar refractivity (Wildman–Crippen MR) is 116 cm³/mol. The number of hydrogen-bond donors (Lipinski definition) is 1. The van der Waals surface area contributed by atoms with Crippen LogP contribution >= 0.6 is 11.8 Å². The minimum atomic E-state index is -0.258. The first-order valence-corrected chi connectivity index (χ1v) is 10.4. The number of nitrogens with one attached hydrogen (secondary N) is 1. The molecule has 1 N–H and O–H groups in total. The Hall–Kier alpha value is -3.72. The van der Waals surface area contributed by atoms with Gasteiger partial charge in [-0.3, -0.25) is 9.78 Å². The summed E-state index contributed by atoms with van der Waals surface area (Å²) in [7, 11) is 0. The van der Waals surface area contributed by atoms with Gasteiger partial charge in [-0.1, -0.05) is 11.2 Å². The summed E-state index contributed by atoms with van der Waals surface area (Å²) in [6, 6.07) is 10.6. The number of benzene rings is 1. The first-order chi connectivity index (χ1) is 15.1. The molecule has 1 aromatic carbocycles. The van der Waals surface area contributed by atoms with Crippen molar-refractivity contribution < 1.29 is 14.1 Å². The van der Waals surface area contributed by atoms with E-state index in [1.165, 1.54) is 18.0 Å². The van der Waals surface area contributed by atoms with E-state index in [-0.39, 0.29) is 5.91 Å². The van der Waals surface area contributed by atoms with E-state index in [9.17, 15) is 4.79 Å². The molecule has 0 bridgehead atoms. The number of carbonyl (C=O) groups is 1. The molecule has 4 rings (SSSR count). The number of ether oxygens (including phenoxy) is 1. The third kappa shape index (κ3) is 5.07. The lowest BCUT2D eigenvalue weighted by atomic mass is 10.2. The summed E-state index contributed by atoms with van der Waals surface area (Å²) in [5.74, 6) is 2.03. The van der Waals surface area contributed by atoms with Crippen molar-refractivity contribution in [1.82, 2.24) is 20.1 Å². The van der Waals surface area contributed by atoms with Gasteiger partial charge in [-0.25, -0.2) is 9.97 Å². The molecule has 0 aliphatic heterocycles. The first-order valence-electron chi connectivity index (χ1n) is 9.45. The molecular formula is C22H19N5O3S. The van der Waals surface area contributed by atoms with Gasteiger partial charge in [-0.15, -0.1) is 11.8 Å². The molecule has 0 fully saturated rings. The molecule has 0 aliphatic rings. The highest BCUT2D eigenvalue weighted by Crippen LogP contribution is 2.28. The maximum absolute atomic E-state index is 12.9. The molecular weight excluding hydrogens is 414 g/mol. The Labute approximate surface area is 183 Å². The van der Waals surface area contributed by atoms with Gasteiger partial charge in [-0.05, 0) is 38.1 Å². The average molecular weight is 433 g/mol. The van der Waals surface area contributed by atoms with Crippen molar-refractivity contribution in [2.45, 2.75) is 24.6 Å². The molecule has 3 aromatic heterocycles. The monoisotopic (exact) mass is 433 g/mol. The zero-order valence-corrected chi connectivity index (χ0v) is 17.7. The number of hydrogen-bond acceptors (Lipinski definition) is 8. The van der Waals surface area contributed by atoms with Gasteiger partial charge < -0.3 is 14.6 Å². The van der Waals surface area contributed by atoms with Crippen LogP contribution in [0.5, 0.6) is 11.6 Å². The van der Waals surface area contributed by atoms with Gasteiger partial charge >= 0.3 is 0 Å². The van der Waals surface area contributed by atoms with E-state index in [2.05, 4.69) is 25.4 Å². The number of aromatic nitrogens is 4. The van der Waals surface area contributed by atoms with Crippen LogP contribution in [-0.4, -0.2) is 26.0 Å². The summed E-state index contributed by atoms with van der Waals surface area (Å²) in [4.78, 5) is 25.4. The van der Waals surface area contributed by atoms with E-state index < -0.39 is 0 Å². The minimum absolute atomic E-state index is 0.258. The van der Waals surface area contributed by atoms with Gasteiger partial charge in [0.15, 0.2) is 0 Å². The molecule has 9 heteroatoms. The summed E-state index contributed by atoms with van der Waals surface area (Å²) in [6.45, 7) is 3.77. The van der Waals surface area contributed by atoms with E-state index in [4.69, 9.17) is 9.26 Å². The molecule has 3 heterocycles. The SMILES string of the molecule is Cc1noc(C)c1CSc1ncccc1C(=O)Nc1cccc(Oc2cnccn2)c1.